The maximum atomic E-state index is 13.7. The quantitative estimate of drug-likeness (QED) is 0.826. The number of benzene rings is 1. The summed E-state index contributed by atoms with van der Waals surface area (Å²) in [5.41, 5.74) is 6.00. The fraction of sp³-hybridized carbons (Fsp3) is 0.500. The van der Waals surface area contributed by atoms with Crippen molar-refractivity contribution in [3.05, 3.63) is 29.3 Å². The Morgan fingerprint density at radius 2 is 2.12 bits per heavy atom. The summed E-state index contributed by atoms with van der Waals surface area (Å²) in [4.78, 5) is 0. The van der Waals surface area contributed by atoms with Crippen molar-refractivity contribution in [3.63, 3.8) is 0 Å². The molecule has 1 aromatic carbocycles. The van der Waals surface area contributed by atoms with Crippen LogP contribution in [0.4, 0.5) is 8.78 Å². The molecule has 0 radical (unpaired) electrons. The summed E-state index contributed by atoms with van der Waals surface area (Å²) in [7, 11) is 1.30. The van der Waals surface area contributed by atoms with Crippen LogP contribution in [0.2, 0.25) is 0 Å². The van der Waals surface area contributed by atoms with Crippen LogP contribution in [0.1, 0.15) is 24.4 Å². The molecule has 0 saturated heterocycles. The number of halogens is 2. The van der Waals surface area contributed by atoms with Gasteiger partial charge in [-0.2, -0.15) is 0 Å². The second-order valence-corrected chi connectivity index (χ2v) is 4.30. The average Bonchev–Trinajstić information content (AvgIpc) is 3.12. The third-order valence-electron chi connectivity index (χ3n) is 2.87. The molecule has 1 aliphatic rings. The third kappa shape index (κ3) is 2.92. The molecule has 1 unspecified atom stereocenters. The molecule has 1 atom stereocenters. The Morgan fingerprint density at radius 1 is 1.41 bits per heavy atom. The molecule has 1 aromatic rings. The van der Waals surface area contributed by atoms with E-state index in [-0.39, 0.29) is 11.3 Å². The van der Waals surface area contributed by atoms with Crippen molar-refractivity contribution in [2.24, 2.45) is 5.73 Å². The molecular formula is C12H16F2N2O. The number of ether oxygens (including phenoxy) is 1. The van der Waals surface area contributed by atoms with Gasteiger partial charge >= 0.3 is 0 Å². The smallest absolute Gasteiger partial charge is 0.165 e. The third-order valence-corrected chi connectivity index (χ3v) is 2.87. The molecule has 0 bridgehead atoms. The Kier molecular flexibility index (Phi) is 3.59. The first-order chi connectivity index (χ1) is 8.11. The molecule has 1 fully saturated rings. The molecule has 0 heterocycles. The second kappa shape index (κ2) is 4.98. The minimum Gasteiger partial charge on any atom is -0.494 e. The predicted molar refractivity (Wildman–Crippen MR) is 60.9 cm³/mol. The summed E-state index contributed by atoms with van der Waals surface area (Å²) in [6.07, 6.45) is 2.26. The molecule has 2 rings (SSSR count). The molecule has 0 aliphatic heterocycles. The number of rotatable bonds is 5. The van der Waals surface area contributed by atoms with E-state index < -0.39 is 17.7 Å². The molecule has 1 saturated carbocycles. The Hall–Kier alpha value is -1.20. The van der Waals surface area contributed by atoms with Gasteiger partial charge in [0, 0.05) is 30.3 Å². The Labute approximate surface area is 98.9 Å². The summed E-state index contributed by atoms with van der Waals surface area (Å²) in [5, 5.41) is 3.18. The topological polar surface area (TPSA) is 47.3 Å². The van der Waals surface area contributed by atoms with Crippen LogP contribution < -0.4 is 15.8 Å². The van der Waals surface area contributed by atoms with Crippen LogP contribution in [0.3, 0.4) is 0 Å². The molecule has 94 valence electrons. The normalized spacial score (nSPS) is 16.9. The van der Waals surface area contributed by atoms with Gasteiger partial charge in [0.25, 0.3) is 0 Å². The van der Waals surface area contributed by atoms with Gasteiger partial charge in [0.2, 0.25) is 0 Å². The zero-order valence-electron chi connectivity index (χ0n) is 9.67. The summed E-state index contributed by atoms with van der Waals surface area (Å²) in [5.74, 6) is -1.23. The SMILES string of the molecule is COc1cc(F)c(C(N)CNC2CC2)cc1F. The Bertz CT molecular complexity index is 408. The largest absolute Gasteiger partial charge is 0.494 e. The van der Waals surface area contributed by atoms with E-state index in [9.17, 15) is 8.78 Å². The van der Waals surface area contributed by atoms with E-state index in [1.54, 1.807) is 0 Å². The van der Waals surface area contributed by atoms with Crippen LogP contribution in [-0.4, -0.2) is 19.7 Å². The van der Waals surface area contributed by atoms with Crippen molar-refractivity contribution in [2.75, 3.05) is 13.7 Å². The highest BCUT2D eigenvalue weighted by molar-refractivity contribution is 5.32. The first-order valence-electron chi connectivity index (χ1n) is 5.63. The van der Waals surface area contributed by atoms with Crippen LogP contribution in [-0.2, 0) is 0 Å². The lowest BCUT2D eigenvalue weighted by Crippen LogP contribution is -2.29. The molecule has 0 aromatic heterocycles. The van der Waals surface area contributed by atoms with E-state index >= 15 is 0 Å². The highest BCUT2D eigenvalue weighted by Gasteiger charge is 2.22. The maximum absolute atomic E-state index is 13.7. The summed E-state index contributed by atoms with van der Waals surface area (Å²) >= 11 is 0. The van der Waals surface area contributed by atoms with Crippen molar-refractivity contribution in [1.29, 1.82) is 0 Å². The standard InChI is InChI=1S/C12H16F2N2O/c1-17-12-5-9(13)8(4-10(12)14)11(15)6-16-7-2-3-7/h4-5,7,11,16H,2-3,6,15H2,1H3. The van der Waals surface area contributed by atoms with Crippen LogP contribution in [0.15, 0.2) is 12.1 Å². The molecular weight excluding hydrogens is 226 g/mol. The fourth-order valence-corrected chi connectivity index (χ4v) is 1.68. The van der Waals surface area contributed by atoms with Crippen LogP contribution in [0, 0.1) is 11.6 Å². The highest BCUT2D eigenvalue weighted by atomic mass is 19.1. The van der Waals surface area contributed by atoms with Gasteiger partial charge in [-0.3, -0.25) is 0 Å². The van der Waals surface area contributed by atoms with E-state index in [0.717, 1.165) is 25.0 Å². The summed E-state index contributed by atoms with van der Waals surface area (Å²) in [6, 6.07) is 2.08. The van der Waals surface area contributed by atoms with Gasteiger partial charge in [-0.1, -0.05) is 0 Å². The Balaban J connectivity index is 2.09. The van der Waals surface area contributed by atoms with E-state index in [0.29, 0.717) is 12.6 Å². The fourth-order valence-electron chi connectivity index (χ4n) is 1.68. The molecule has 1 aliphatic carbocycles. The second-order valence-electron chi connectivity index (χ2n) is 4.30. The van der Waals surface area contributed by atoms with E-state index in [1.165, 1.54) is 7.11 Å². The zero-order valence-corrected chi connectivity index (χ0v) is 9.67. The minimum atomic E-state index is -0.592. The molecule has 17 heavy (non-hydrogen) atoms. The van der Waals surface area contributed by atoms with Crippen molar-refractivity contribution in [3.8, 4) is 5.75 Å². The molecule has 3 N–H and O–H groups in total. The maximum Gasteiger partial charge on any atom is 0.165 e. The van der Waals surface area contributed by atoms with Crippen LogP contribution in [0.5, 0.6) is 5.75 Å². The van der Waals surface area contributed by atoms with E-state index in [1.807, 2.05) is 0 Å². The van der Waals surface area contributed by atoms with Crippen molar-refractivity contribution < 1.29 is 13.5 Å². The number of nitrogens with one attached hydrogen (secondary N) is 1. The van der Waals surface area contributed by atoms with Gasteiger partial charge in [0.05, 0.1) is 7.11 Å². The number of hydrogen-bond donors (Lipinski definition) is 2. The Morgan fingerprint density at radius 3 is 2.71 bits per heavy atom. The van der Waals surface area contributed by atoms with Crippen LogP contribution >= 0.6 is 0 Å². The first kappa shape index (κ1) is 12.3. The lowest BCUT2D eigenvalue weighted by molar-refractivity contribution is 0.380. The monoisotopic (exact) mass is 242 g/mol. The average molecular weight is 242 g/mol. The summed E-state index contributed by atoms with van der Waals surface area (Å²) in [6.45, 7) is 0.452. The number of hydrogen-bond acceptors (Lipinski definition) is 3. The van der Waals surface area contributed by atoms with Gasteiger partial charge in [-0.25, -0.2) is 8.78 Å². The molecule has 5 heteroatoms. The highest BCUT2D eigenvalue weighted by Crippen LogP contribution is 2.25. The number of methoxy groups -OCH3 is 1. The first-order valence-corrected chi connectivity index (χ1v) is 5.63. The van der Waals surface area contributed by atoms with Crippen molar-refractivity contribution in [1.82, 2.24) is 5.32 Å². The van der Waals surface area contributed by atoms with E-state index in [2.05, 4.69) is 5.32 Å². The van der Waals surface area contributed by atoms with Gasteiger partial charge in [-0.15, -0.1) is 0 Å². The molecule has 0 amide bonds. The lowest BCUT2D eigenvalue weighted by atomic mass is 10.1. The zero-order chi connectivity index (χ0) is 12.4. The predicted octanol–water partition coefficient (Wildman–Crippen LogP) is 1.73. The van der Waals surface area contributed by atoms with Gasteiger partial charge < -0.3 is 15.8 Å². The minimum absolute atomic E-state index is 0.103. The molecule has 0 spiro atoms. The van der Waals surface area contributed by atoms with Crippen molar-refractivity contribution in [2.45, 2.75) is 24.9 Å². The van der Waals surface area contributed by atoms with E-state index in [4.69, 9.17) is 10.5 Å². The van der Waals surface area contributed by atoms with Crippen molar-refractivity contribution >= 4 is 0 Å². The van der Waals surface area contributed by atoms with Gasteiger partial charge in [-0.05, 0) is 18.9 Å². The molecule has 3 nitrogen and oxygen atoms in total. The number of nitrogens with two attached hydrogens (primary N) is 1. The van der Waals surface area contributed by atoms with Crippen LogP contribution in [0.25, 0.3) is 0 Å². The lowest BCUT2D eigenvalue weighted by Gasteiger charge is -2.15. The van der Waals surface area contributed by atoms with Gasteiger partial charge in [0.1, 0.15) is 5.82 Å². The summed E-state index contributed by atoms with van der Waals surface area (Å²) < 4.78 is 31.8. The van der Waals surface area contributed by atoms with Gasteiger partial charge in [0.15, 0.2) is 11.6 Å².